The van der Waals surface area contributed by atoms with Crippen LogP contribution in [0, 0.1) is 28.6 Å². The second-order valence-electron chi connectivity index (χ2n) is 11.6. The van der Waals surface area contributed by atoms with Crippen molar-refractivity contribution in [1.29, 1.82) is 0 Å². The minimum atomic E-state index is -1.31. The first-order valence-electron chi connectivity index (χ1n) is 13.3. The van der Waals surface area contributed by atoms with Gasteiger partial charge in [0, 0.05) is 24.7 Å². The minimum absolute atomic E-state index is 0.00864. The largest absolute Gasteiger partial charge is 0.450 e. The molecule has 7 atom stereocenters. The number of esters is 1. The maximum Gasteiger partial charge on any atom is 0.306 e. The van der Waals surface area contributed by atoms with E-state index in [9.17, 15) is 24.3 Å². The Kier molecular flexibility index (Phi) is 7.42. The molecule has 3 fully saturated rings. The number of thioether (sulfide) groups is 1. The molecule has 1 N–H and O–H groups in total. The van der Waals surface area contributed by atoms with Crippen LogP contribution in [0.15, 0.2) is 11.6 Å². The smallest absolute Gasteiger partial charge is 0.306 e. The molecule has 0 heterocycles. The third kappa shape index (κ3) is 4.24. The molecule has 4 rings (SSSR count). The lowest BCUT2D eigenvalue weighted by Gasteiger charge is -2.60. The van der Waals surface area contributed by atoms with Crippen molar-refractivity contribution >= 4 is 34.4 Å². The Labute approximate surface area is 213 Å². The third-order valence-corrected chi connectivity index (χ3v) is 10.9. The van der Waals surface area contributed by atoms with Crippen LogP contribution in [0.4, 0.5) is 0 Å². The van der Waals surface area contributed by atoms with Crippen molar-refractivity contribution in [3.8, 4) is 0 Å². The van der Waals surface area contributed by atoms with E-state index >= 15 is 0 Å². The van der Waals surface area contributed by atoms with Crippen LogP contribution >= 0.6 is 11.8 Å². The fourth-order valence-corrected chi connectivity index (χ4v) is 8.90. The molecule has 0 spiro atoms. The zero-order valence-corrected chi connectivity index (χ0v) is 22.4. The predicted molar refractivity (Wildman–Crippen MR) is 135 cm³/mol. The maximum absolute atomic E-state index is 13.8. The molecule has 4 aliphatic rings. The number of carbonyl (C=O) groups excluding carboxylic acids is 4. The van der Waals surface area contributed by atoms with Gasteiger partial charge in [-0.2, -0.15) is 0 Å². The van der Waals surface area contributed by atoms with Crippen molar-refractivity contribution in [3.63, 3.8) is 0 Å². The zero-order chi connectivity index (χ0) is 25.6. The number of aliphatic hydroxyl groups is 1. The van der Waals surface area contributed by atoms with Gasteiger partial charge in [0.05, 0.1) is 11.9 Å². The molecule has 0 aromatic heterocycles. The molecule has 0 radical (unpaired) electrons. The number of carbonyl (C=O) groups is 4. The molecule has 0 aromatic carbocycles. The highest BCUT2D eigenvalue weighted by Crippen LogP contribution is 2.68. The van der Waals surface area contributed by atoms with Gasteiger partial charge in [-0.25, -0.2) is 0 Å². The highest BCUT2D eigenvalue weighted by molar-refractivity contribution is 8.14. The summed E-state index contributed by atoms with van der Waals surface area (Å²) >= 11 is 1.00. The van der Waals surface area contributed by atoms with Crippen LogP contribution in [0.3, 0.4) is 0 Å². The maximum atomic E-state index is 13.8. The van der Waals surface area contributed by atoms with Crippen molar-refractivity contribution in [2.75, 3.05) is 5.75 Å². The highest BCUT2D eigenvalue weighted by atomic mass is 32.2. The summed E-state index contributed by atoms with van der Waals surface area (Å²) in [5.74, 6) is -0.0417. The molecule has 3 saturated carbocycles. The van der Waals surface area contributed by atoms with Gasteiger partial charge >= 0.3 is 5.97 Å². The van der Waals surface area contributed by atoms with Crippen LogP contribution in [0.25, 0.3) is 0 Å². The van der Waals surface area contributed by atoms with Crippen LogP contribution in [-0.4, -0.2) is 45.2 Å². The van der Waals surface area contributed by atoms with E-state index in [2.05, 4.69) is 6.92 Å². The minimum Gasteiger partial charge on any atom is -0.450 e. The number of Topliss-reactive ketones (excluding diaryl/α,β-unsaturated/α-hetero) is 1. The normalized spacial score (nSPS) is 40.3. The Morgan fingerprint density at radius 1 is 1.14 bits per heavy atom. The van der Waals surface area contributed by atoms with Gasteiger partial charge in [0.1, 0.15) is 0 Å². The van der Waals surface area contributed by atoms with Crippen LogP contribution < -0.4 is 0 Å². The number of aliphatic hydroxyl groups excluding tert-OH is 1. The molecule has 7 heteroatoms. The Balaban J connectivity index is 1.70. The van der Waals surface area contributed by atoms with E-state index in [1.165, 1.54) is 5.57 Å². The second kappa shape index (κ2) is 9.77. The van der Waals surface area contributed by atoms with Crippen molar-refractivity contribution in [2.45, 2.75) is 104 Å². The number of hydrogen-bond donors (Lipinski definition) is 1. The van der Waals surface area contributed by atoms with E-state index in [0.29, 0.717) is 32.1 Å². The topological polar surface area (TPSA) is 97.7 Å². The van der Waals surface area contributed by atoms with Crippen molar-refractivity contribution < 1.29 is 29.0 Å². The molecule has 194 valence electrons. The lowest BCUT2D eigenvalue weighted by Crippen LogP contribution is -2.63. The molecule has 6 nitrogen and oxygen atoms in total. The summed E-state index contributed by atoms with van der Waals surface area (Å²) in [5.41, 5.74) is -1.04. The molecular weight excluding hydrogens is 464 g/mol. The number of ether oxygens (including phenoxy) is 1. The lowest BCUT2D eigenvalue weighted by atomic mass is 9.45. The summed E-state index contributed by atoms with van der Waals surface area (Å²) in [4.78, 5) is 50.7. The number of fused-ring (bicyclic) bond motifs is 5. The van der Waals surface area contributed by atoms with Gasteiger partial charge in [-0.3, -0.25) is 19.2 Å². The Bertz CT molecular complexity index is 942. The van der Waals surface area contributed by atoms with E-state index in [-0.39, 0.29) is 58.0 Å². The van der Waals surface area contributed by atoms with Gasteiger partial charge in [-0.1, -0.05) is 45.0 Å². The number of allylic oxidation sites excluding steroid dienone is 1. The van der Waals surface area contributed by atoms with Crippen molar-refractivity contribution in [1.82, 2.24) is 0 Å². The van der Waals surface area contributed by atoms with Gasteiger partial charge < -0.3 is 9.84 Å². The fraction of sp³-hybridized carbons (Fsp3) is 0.786. The van der Waals surface area contributed by atoms with E-state index in [1.807, 2.05) is 19.9 Å². The summed E-state index contributed by atoms with van der Waals surface area (Å²) in [5, 5.41) is 11.6. The molecular formula is C28H40O6S. The van der Waals surface area contributed by atoms with Gasteiger partial charge in [0.15, 0.2) is 22.3 Å². The zero-order valence-electron chi connectivity index (χ0n) is 21.6. The first-order chi connectivity index (χ1) is 16.5. The van der Waals surface area contributed by atoms with Crippen LogP contribution in [0.2, 0.25) is 0 Å². The van der Waals surface area contributed by atoms with E-state index in [4.69, 9.17) is 4.74 Å². The summed E-state index contributed by atoms with van der Waals surface area (Å²) in [7, 11) is 0. The molecule has 0 bridgehead atoms. The SMILES string of the molecule is CCCC(=O)O[C@]1(C(=O)CSC(=O)CC)CCC2C3CCC4=CC(=O)CC[C@]4(C)C3C(O)C[C@@]21C. The van der Waals surface area contributed by atoms with Crippen LogP contribution in [0.1, 0.15) is 91.9 Å². The summed E-state index contributed by atoms with van der Waals surface area (Å²) in [6, 6.07) is 0. The first kappa shape index (κ1) is 26.6. The molecule has 0 saturated heterocycles. The van der Waals surface area contributed by atoms with Crippen LogP contribution in [0.5, 0.6) is 0 Å². The quantitative estimate of drug-likeness (QED) is 0.497. The first-order valence-corrected chi connectivity index (χ1v) is 14.3. The molecule has 0 aliphatic heterocycles. The van der Waals surface area contributed by atoms with E-state index < -0.39 is 17.1 Å². The Morgan fingerprint density at radius 3 is 2.57 bits per heavy atom. The van der Waals surface area contributed by atoms with E-state index in [1.54, 1.807) is 6.92 Å². The van der Waals surface area contributed by atoms with Crippen molar-refractivity contribution in [2.24, 2.45) is 28.6 Å². The molecule has 0 amide bonds. The van der Waals surface area contributed by atoms with Gasteiger partial charge in [-0.15, -0.1) is 0 Å². The number of hydrogen-bond acceptors (Lipinski definition) is 7. The van der Waals surface area contributed by atoms with Gasteiger partial charge in [0.25, 0.3) is 0 Å². The van der Waals surface area contributed by atoms with E-state index in [0.717, 1.165) is 37.4 Å². The molecule has 4 unspecified atom stereocenters. The number of rotatable bonds is 7. The summed E-state index contributed by atoms with van der Waals surface area (Å²) in [6.45, 7) is 7.91. The average Bonchev–Trinajstić information content (AvgIpc) is 3.09. The van der Waals surface area contributed by atoms with Crippen LogP contribution in [-0.2, 0) is 23.9 Å². The van der Waals surface area contributed by atoms with Gasteiger partial charge in [-0.05, 0) is 74.2 Å². The highest BCUT2D eigenvalue weighted by Gasteiger charge is 2.70. The third-order valence-electron chi connectivity index (χ3n) is 9.86. The Hall–Kier alpha value is -1.47. The lowest BCUT2D eigenvalue weighted by molar-refractivity contribution is -0.200. The molecule has 4 aliphatic carbocycles. The standard InChI is InChI=1S/C28H40O6S/c1-5-7-23(32)34-28(22(31)16-35-24(33)6-2)13-11-20-19-9-8-17-14-18(29)10-12-26(17,3)25(19)21(30)15-27(20,28)4/h14,19-21,25,30H,5-13,15-16H2,1-4H3/t19?,20?,21?,25?,26-,27-,28-/m0/s1. The summed E-state index contributed by atoms with van der Waals surface area (Å²) in [6.07, 6.45) is 6.94. The molecule has 35 heavy (non-hydrogen) atoms. The summed E-state index contributed by atoms with van der Waals surface area (Å²) < 4.78 is 6.13. The average molecular weight is 505 g/mol. The fourth-order valence-electron chi connectivity index (χ4n) is 8.17. The Morgan fingerprint density at radius 2 is 1.89 bits per heavy atom. The van der Waals surface area contributed by atoms with Crippen molar-refractivity contribution in [3.05, 3.63) is 11.6 Å². The second-order valence-corrected chi connectivity index (χ2v) is 12.6. The number of ketones is 2. The van der Waals surface area contributed by atoms with Gasteiger partial charge in [0.2, 0.25) is 0 Å². The molecule has 0 aromatic rings. The predicted octanol–water partition coefficient (Wildman–Crippen LogP) is 4.81. The monoisotopic (exact) mass is 504 g/mol.